The Morgan fingerprint density at radius 3 is 2.21 bits per heavy atom. The number of carbonyl (C=O) groups excluding carboxylic acids is 2. The summed E-state index contributed by atoms with van der Waals surface area (Å²) >= 11 is 0. The lowest BCUT2D eigenvalue weighted by Crippen LogP contribution is -2.55. The van der Waals surface area contributed by atoms with Gasteiger partial charge in [-0.1, -0.05) is 52.3 Å². The van der Waals surface area contributed by atoms with Gasteiger partial charge in [0.05, 0.1) is 0 Å². The van der Waals surface area contributed by atoms with Crippen LogP contribution in [-0.4, -0.2) is 29.9 Å². The van der Waals surface area contributed by atoms with Gasteiger partial charge in [0, 0.05) is 17.6 Å². The lowest BCUT2D eigenvalue weighted by atomic mass is 9.93. The summed E-state index contributed by atoms with van der Waals surface area (Å²) in [6, 6.07) is 8.36. The van der Waals surface area contributed by atoms with Crippen LogP contribution in [0.4, 0.5) is 0 Å². The second-order valence-electron chi connectivity index (χ2n) is 6.49. The molecule has 0 bridgehead atoms. The van der Waals surface area contributed by atoms with Gasteiger partial charge in [0.1, 0.15) is 6.04 Å². The molecule has 0 heterocycles. The predicted molar refractivity (Wildman–Crippen MR) is 97.7 cm³/mol. The topological polar surface area (TPSA) is 84.2 Å². The first-order chi connectivity index (χ1) is 11.4. The Labute approximate surface area is 145 Å². The van der Waals surface area contributed by atoms with Crippen LogP contribution in [0.5, 0.6) is 0 Å². The molecule has 0 saturated carbocycles. The molecule has 24 heavy (non-hydrogen) atoms. The molecule has 2 atom stereocenters. The minimum Gasteiger partial charge on any atom is -0.352 e. The summed E-state index contributed by atoms with van der Waals surface area (Å²) in [7, 11) is 0. The molecule has 0 spiro atoms. The van der Waals surface area contributed by atoms with Gasteiger partial charge in [0.2, 0.25) is 5.91 Å². The summed E-state index contributed by atoms with van der Waals surface area (Å²) in [4.78, 5) is 25.0. The number of amides is 2. The van der Waals surface area contributed by atoms with Gasteiger partial charge in [-0.2, -0.15) is 0 Å². The van der Waals surface area contributed by atoms with Crippen LogP contribution >= 0.6 is 0 Å². The van der Waals surface area contributed by atoms with E-state index in [1.165, 1.54) is 0 Å². The van der Waals surface area contributed by atoms with Crippen LogP contribution < -0.4 is 16.4 Å². The van der Waals surface area contributed by atoms with Crippen molar-refractivity contribution in [2.24, 2.45) is 11.7 Å². The SMILES string of the molecule is CCC(C)C(NC(=O)c1ccccc1)C(=O)NCC(N)(CC)CC. The second-order valence-corrected chi connectivity index (χ2v) is 6.49. The highest BCUT2D eigenvalue weighted by Crippen LogP contribution is 2.12. The normalized spacial score (nSPS) is 13.9. The van der Waals surface area contributed by atoms with Crippen LogP contribution in [0.3, 0.4) is 0 Å². The van der Waals surface area contributed by atoms with Gasteiger partial charge < -0.3 is 16.4 Å². The standard InChI is InChI=1S/C19H31N3O2/c1-5-14(4)16(18(24)21-13-19(20,6-2)7-3)22-17(23)15-11-9-8-10-12-15/h8-12,14,16H,5-7,13,20H2,1-4H3,(H,21,24)(H,22,23). The highest BCUT2D eigenvalue weighted by atomic mass is 16.2. The first-order valence-electron chi connectivity index (χ1n) is 8.79. The van der Waals surface area contributed by atoms with Crippen molar-refractivity contribution in [1.82, 2.24) is 10.6 Å². The van der Waals surface area contributed by atoms with Gasteiger partial charge in [0.15, 0.2) is 0 Å². The van der Waals surface area contributed by atoms with Crippen LogP contribution in [0.2, 0.25) is 0 Å². The third kappa shape index (κ3) is 5.64. The van der Waals surface area contributed by atoms with Crippen molar-refractivity contribution in [2.75, 3.05) is 6.54 Å². The van der Waals surface area contributed by atoms with Crippen LogP contribution in [0.15, 0.2) is 30.3 Å². The van der Waals surface area contributed by atoms with E-state index in [0.717, 1.165) is 19.3 Å². The molecule has 5 heteroatoms. The monoisotopic (exact) mass is 333 g/mol. The Hall–Kier alpha value is -1.88. The molecule has 0 aliphatic heterocycles. The van der Waals surface area contributed by atoms with Crippen molar-refractivity contribution in [3.8, 4) is 0 Å². The first-order valence-corrected chi connectivity index (χ1v) is 8.79. The average molecular weight is 333 g/mol. The fourth-order valence-corrected chi connectivity index (χ4v) is 2.39. The number of nitrogens with two attached hydrogens (primary N) is 1. The van der Waals surface area contributed by atoms with E-state index in [2.05, 4.69) is 10.6 Å². The minimum absolute atomic E-state index is 0.0353. The van der Waals surface area contributed by atoms with Crippen molar-refractivity contribution in [2.45, 2.75) is 58.5 Å². The van der Waals surface area contributed by atoms with Gasteiger partial charge in [-0.15, -0.1) is 0 Å². The number of nitrogens with one attached hydrogen (secondary N) is 2. The Morgan fingerprint density at radius 1 is 1.12 bits per heavy atom. The fraction of sp³-hybridized carbons (Fsp3) is 0.579. The van der Waals surface area contributed by atoms with Crippen LogP contribution in [0.25, 0.3) is 0 Å². The molecule has 0 fully saturated rings. The van der Waals surface area contributed by atoms with E-state index in [4.69, 9.17) is 5.73 Å². The maximum atomic E-state index is 12.6. The number of hydrogen-bond donors (Lipinski definition) is 3. The first kappa shape index (κ1) is 20.2. The van der Waals surface area contributed by atoms with E-state index < -0.39 is 11.6 Å². The number of rotatable bonds is 9. The van der Waals surface area contributed by atoms with E-state index in [-0.39, 0.29) is 17.7 Å². The van der Waals surface area contributed by atoms with Crippen LogP contribution in [0, 0.1) is 5.92 Å². The Balaban J connectivity index is 2.78. The van der Waals surface area contributed by atoms with Gasteiger partial charge in [0.25, 0.3) is 5.91 Å². The van der Waals surface area contributed by atoms with Gasteiger partial charge >= 0.3 is 0 Å². The summed E-state index contributed by atoms with van der Waals surface area (Å²) in [5, 5.41) is 5.78. The summed E-state index contributed by atoms with van der Waals surface area (Å²) in [5.74, 6) is -0.375. The van der Waals surface area contributed by atoms with Crippen LogP contribution in [-0.2, 0) is 4.79 Å². The molecule has 1 aromatic carbocycles. The summed E-state index contributed by atoms with van der Waals surface area (Å²) in [6.45, 7) is 8.40. The zero-order valence-electron chi connectivity index (χ0n) is 15.3. The smallest absolute Gasteiger partial charge is 0.251 e. The average Bonchev–Trinajstić information content (AvgIpc) is 2.63. The van der Waals surface area contributed by atoms with Gasteiger partial charge in [-0.25, -0.2) is 0 Å². The summed E-state index contributed by atoms with van der Waals surface area (Å²) in [6.07, 6.45) is 2.37. The molecule has 2 unspecified atom stereocenters. The fourth-order valence-electron chi connectivity index (χ4n) is 2.39. The van der Waals surface area contributed by atoms with E-state index in [9.17, 15) is 9.59 Å². The molecule has 1 aromatic rings. The molecule has 0 radical (unpaired) electrons. The molecule has 134 valence electrons. The molecule has 0 saturated heterocycles. The molecule has 0 aliphatic carbocycles. The Kier molecular flexibility index (Phi) is 7.92. The molecule has 2 amide bonds. The summed E-state index contributed by atoms with van der Waals surface area (Å²) < 4.78 is 0. The second kappa shape index (κ2) is 9.42. The lowest BCUT2D eigenvalue weighted by Gasteiger charge is -2.29. The Morgan fingerprint density at radius 2 is 1.71 bits per heavy atom. The molecule has 0 aromatic heterocycles. The van der Waals surface area contributed by atoms with Gasteiger partial charge in [-0.05, 0) is 30.9 Å². The maximum absolute atomic E-state index is 12.6. The largest absolute Gasteiger partial charge is 0.352 e. The number of carbonyl (C=O) groups is 2. The molecular formula is C19H31N3O2. The van der Waals surface area contributed by atoms with Crippen LogP contribution in [0.1, 0.15) is 57.3 Å². The third-order valence-electron chi connectivity index (χ3n) is 4.84. The molecule has 0 aliphatic rings. The predicted octanol–water partition coefficient (Wildman–Crippen LogP) is 2.46. The molecule has 4 N–H and O–H groups in total. The Bertz CT molecular complexity index is 527. The van der Waals surface area contributed by atoms with Crippen molar-refractivity contribution in [3.63, 3.8) is 0 Å². The highest BCUT2D eigenvalue weighted by Gasteiger charge is 2.28. The van der Waals surface area contributed by atoms with E-state index in [1.807, 2.05) is 33.8 Å². The highest BCUT2D eigenvalue weighted by molar-refractivity contribution is 5.97. The quantitative estimate of drug-likeness (QED) is 0.649. The zero-order valence-corrected chi connectivity index (χ0v) is 15.3. The van der Waals surface area contributed by atoms with Crippen molar-refractivity contribution in [1.29, 1.82) is 0 Å². The van der Waals surface area contributed by atoms with Gasteiger partial charge in [-0.3, -0.25) is 9.59 Å². The number of benzene rings is 1. The van der Waals surface area contributed by atoms with E-state index in [1.54, 1.807) is 24.3 Å². The maximum Gasteiger partial charge on any atom is 0.251 e. The molecule has 1 rings (SSSR count). The van der Waals surface area contributed by atoms with Crippen molar-refractivity contribution in [3.05, 3.63) is 35.9 Å². The molecule has 5 nitrogen and oxygen atoms in total. The van der Waals surface area contributed by atoms with E-state index in [0.29, 0.717) is 12.1 Å². The lowest BCUT2D eigenvalue weighted by molar-refractivity contribution is -0.124. The number of hydrogen-bond acceptors (Lipinski definition) is 3. The third-order valence-corrected chi connectivity index (χ3v) is 4.84. The van der Waals surface area contributed by atoms with E-state index >= 15 is 0 Å². The zero-order chi connectivity index (χ0) is 18.2. The molecular weight excluding hydrogens is 302 g/mol. The summed E-state index contributed by atoms with van der Waals surface area (Å²) in [5.41, 5.74) is 6.39. The van der Waals surface area contributed by atoms with Crippen molar-refractivity contribution >= 4 is 11.8 Å². The van der Waals surface area contributed by atoms with Crippen molar-refractivity contribution < 1.29 is 9.59 Å². The minimum atomic E-state index is -0.569.